The number of carbonyl (C=O) groups excluding carboxylic acids is 1. The highest BCUT2D eigenvalue weighted by Gasteiger charge is 2.49. The van der Waals surface area contributed by atoms with Crippen LogP contribution in [0.15, 0.2) is 24.4 Å². The SMILES string of the molecule is O=C1Nc2nccc(-c3cc(F)cc(N4CCNCC4)n3)c2C(C(F)(F)F)O1. The zero-order valence-electron chi connectivity index (χ0n) is 14.4. The summed E-state index contributed by atoms with van der Waals surface area (Å²) in [5.41, 5.74) is -0.414. The fourth-order valence-corrected chi connectivity index (χ4v) is 3.26. The van der Waals surface area contributed by atoms with Gasteiger partial charge in [0.2, 0.25) is 6.10 Å². The van der Waals surface area contributed by atoms with Gasteiger partial charge >= 0.3 is 12.3 Å². The van der Waals surface area contributed by atoms with Gasteiger partial charge in [-0.15, -0.1) is 0 Å². The van der Waals surface area contributed by atoms with Crippen LogP contribution in [0.3, 0.4) is 0 Å². The Hall–Kier alpha value is -2.95. The number of piperazine rings is 1. The van der Waals surface area contributed by atoms with E-state index in [0.717, 1.165) is 6.07 Å². The Morgan fingerprint density at radius 3 is 2.68 bits per heavy atom. The molecule has 0 aliphatic carbocycles. The number of nitrogens with one attached hydrogen (secondary N) is 2. The third kappa shape index (κ3) is 3.44. The molecule has 2 N–H and O–H groups in total. The number of hydrogen-bond acceptors (Lipinski definition) is 6. The summed E-state index contributed by atoms with van der Waals surface area (Å²) in [6.07, 6.45) is -7.41. The summed E-state index contributed by atoms with van der Waals surface area (Å²) >= 11 is 0. The van der Waals surface area contributed by atoms with Crippen molar-refractivity contribution in [2.24, 2.45) is 0 Å². The van der Waals surface area contributed by atoms with Crippen molar-refractivity contribution in [1.82, 2.24) is 15.3 Å². The van der Waals surface area contributed by atoms with Gasteiger partial charge in [0.25, 0.3) is 0 Å². The maximum atomic E-state index is 14.3. The van der Waals surface area contributed by atoms with Crippen LogP contribution >= 0.6 is 0 Å². The molecule has 0 aromatic carbocycles. The summed E-state index contributed by atoms with van der Waals surface area (Å²) in [4.78, 5) is 21.5. The van der Waals surface area contributed by atoms with Gasteiger partial charge in [-0.1, -0.05) is 0 Å². The molecule has 11 heteroatoms. The summed E-state index contributed by atoms with van der Waals surface area (Å²) in [7, 11) is 0. The Bertz CT molecular complexity index is 915. The summed E-state index contributed by atoms with van der Waals surface area (Å²) in [5, 5.41) is 5.31. The van der Waals surface area contributed by atoms with E-state index >= 15 is 0 Å². The molecule has 1 fully saturated rings. The number of fused-ring (bicyclic) bond motifs is 1. The van der Waals surface area contributed by atoms with Crippen molar-refractivity contribution in [3.63, 3.8) is 0 Å². The molecule has 1 amide bonds. The van der Waals surface area contributed by atoms with Gasteiger partial charge in [0.05, 0.1) is 11.3 Å². The molecule has 28 heavy (non-hydrogen) atoms. The minimum atomic E-state index is -4.86. The van der Waals surface area contributed by atoms with Crippen molar-refractivity contribution in [3.8, 4) is 11.3 Å². The van der Waals surface area contributed by atoms with E-state index in [1.165, 1.54) is 18.3 Å². The lowest BCUT2D eigenvalue weighted by molar-refractivity contribution is -0.206. The molecule has 2 aromatic rings. The number of amides is 1. The Labute approximate surface area is 156 Å². The van der Waals surface area contributed by atoms with Crippen LogP contribution in [0.1, 0.15) is 11.7 Å². The lowest BCUT2D eigenvalue weighted by Crippen LogP contribution is -2.44. The number of alkyl halides is 3. The maximum absolute atomic E-state index is 14.3. The Morgan fingerprint density at radius 2 is 1.96 bits per heavy atom. The van der Waals surface area contributed by atoms with Crippen LogP contribution in [0, 0.1) is 5.82 Å². The van der Waals surface area contributed by atoms with E-state index < -0.39 is 29.8 Å². The topological polar surface area (TPSA) is 79.4 Å². The predicted octanol–water partition coefficient (Wildman–Crippen LogP) is 2.86. The molecule has 148 valence electrons. The smallest absolute Gasteiger partial charge is 0.430 e. The highest BCUT2D eigenvalue weighted by molar-refractivity contribution is 5.89. The first kappa shape index (κ1) is 18.4. The minimum absolute atomic E-state index is 0.00109. The molecule has 0 spiro atoms. The number of hydrogen-bond donors (Lipinski definition) is 2. The molecular formula is C17H15F4N5O2. The van der Waals surface area contributed by atoms with Crippen molar-refractivity contribution in [1.29, 1.82) is 0 Å². The predicted molar refractivity (Wildman–Crippen MR) is 91.4 cm³/mol. The number of anilines is 2. The number of pyridine rings is 2. The average molecular weight is 397 g/mol. The second-order valence-electron chi connectivity index (χ2n) is 6.34. The molecule has 0 saturated carbocycles. The van der Waals surface area contributed by atoms with Crippen molar-refractivity contribution in [3.05, 3.63) is 35.8 Å². The van der Waals surface area contributed by atoms with Gasteiger partial charge in [-0.3, -0.25) is 5.32 Å². The summed E-state index contributed by atoms with van der Waals surface area (Å²) in [6, 6.07) is 3.58. The number of carbonyl (C=O) groups is 1. The first-order chi connectivity index (χ1) is 13.3. The summed E-state index contributed by atoms with van der Waals surface area (Å²) < 4.78 is 59.2. The molecule has 4 heterocycles. The fraction of sp³-hybridized carbons (Fsp3) is 0.353. The van der Waals surface area contributed by atoms with Gasteiger partial charge in [0.1, 0.15) is 17.5 Å². The summed E-state index contributed by atoms with van der Waals surface area (Å²) in [5.74, 6) is -0.592. The monoisotopic (exact) mass is 397 g/mol. The van der Waals surface area contributed by atoms with Gasteiger partial charge < -0.3 is 15.0 Å². The maximum Gasteiger partial charge on any atom is 0.430 e. The van der Waals surface area contributed by atoms with Crippen molar-refractivity contribution >= 4 is 17.7 Å². The van der Waals surface area contributed by atoms with E-state index in [-0.39, 0.29) is 17.1 Å². The third-order valence-corrected chi connectivity index (χ3v) is 4.49. The molecule has 4 rings (SSSR count). The van der Waals surface area contributed by atoms with Crippen LogP contribution in [-0.2, 0) is 4.74 Å². The van der Waals surface area contributed by atoms with E-state index in [9.17, 15) is 22.4 Å². The fourth-order valence-electron chi connectivity index (χ4n) is 3.26. The summed E-state index contributed by atoms with van der Waals surface area (Å²) in [6.45, 7) is 2.56. The van der Waals surface area contributed by atoms with Gasteiger partial charge in [0, 0.05) is 50.1 Å². The Morgan fingerprint density at radius 1 is 1.21 bits per heavy atom. The van der Waals surface area contributed by atoms with Gasteiger partial charge in [-0.05, 0) is 6.07 Å². The number of aromatic nitrogens is 2. The molecule has 0 radical (unpaired) electrons. The van der Waals surface area contributed by atoms with E-state index in [1.807, 2.05) is 4.90 Å². The standard InChI is InChI=1S/C17H15F4N5O2/c18-9-7-11(24-12(8-9)26-5-3-22-4-6-26)10-1-2-23-15-13(10)14(17(19,20)21)28-16(27)25-15/h1-2,7-8,14,22H,3-6H2,(H,23,25,27). The third-order valence-electron chi connectivity index (χ3n) is 4.49. The second kappa shape index (κ2) is 6.89. The normalized spacial score (nSPS) is 19.6. The van der Waals surface area contributed by atoms with Crippen LogP contribution in [0.5, 0.6) is 0 Å². The van der Waals surface area contributed by atoms with E-state index in [1.54, 1.807) is 0 Å². The first-order valence-electron chi connectivity index (χ1n) is 8.50. The quantitative estimate of drug-likeness (QED) is 0.759. The van der Waals surface area contributed by atoms with Crippen LogP contribution in [0.4, 0.5) is 34.0 Å². The molecule has 1 unspecified atom stereocenters. The zero-order valence-corrected chi connectivity index (χ0v) is 14.4. The Balaban J connectivity index is 1.83. The highest BCUT2D eigenvalue weighted by Crippen LogP contribution is 2.45. The molecule has 2 aromatic heterocycles. The van der Waals surface area contributed by atoms with Crippen LogP contribution < -0.4 is 15.5 Å². The van der Waals surface area contributed by atoms with Crippen molar-refractivity contribution < 1.29 is 27.1 Å². The second-order valence-corrected chi connectivity index (χ2v) is 6.34. The van der Waals surface area contributed by atoms with Crippen LogP contribution in [0.2, 0.25) is 0 Å². The van der Waals surface area contributed by atoms with E-state index in [2.05, 4.69) is 25.3 Å². The number of halogens is 4. The number of rotatable bonds is 2. The lowest BCUT2D eigenvalue weighted by atomic mass is 9.99. The Kier molecular flexibility index (Phi) is 4.53. The molecule has 0 bridgehead atoms. The van der Waals surface area contributed by atoms with Crippen LogP contribution in [-0.4, -0.2) is 48.4 Å². The van der Waals surface area contributed by atoms with Gasteiger partial charge in [0.15, 0.2) is 0 Å². The van der Waals surface area contributed by atoms with E-state index in [4.69, 9.17) is 0 Å². The average Bonchev–Trinajstić information content (AvgIpc) is 2.66. The molecule has 2 aliphatic rings. The van der Waals surface area contributed by atoms with Crippen molar-refractivity contribution in [2.75, 3.05) is 36.4 Å². The number of nitrogens with zero attached hydrogens (tertiary/aromatic N) is 3. The van der Waals surface area contributed by atoms with Crippen molar-refractivity contribution in [2.45, 2.75) is 12.3 Å². The minimum Gasteiger partial charge on any atom is -0.431 e. The lowest BCUT2D eigenvalue weighted by Gasteiger charge is -2.30. The molecule has 1 saturated heterocycles. The van der Waals surface area contributed by atoms with Gasteiger partial charge in [-0.25, -0.2) is 19.2 Å². The van der Waals surface area contributed by atoms with Crippen LogP contribution in [0.25, 0.3) is 11.3 Å². The molecular weight excluding hydrogens is 382 g/mol. The van der Waals surface area contributed by atoms with E-state index in [0.29, 0.717) is 32.0 Å². The van der Waals surface area contributed by atoms with Gasteiger partial charge in [-0.2, -0.15) is 13.2 Å². The molecule has 2 aliphatic heterocycles. The zero-order chi connectivity index (χ0) is 19.9. The first-order valence-corrected chi connectivity index (χ1v) is 8.50. The number of cyclic esters (lactones) is 1. The largest absolute Gasteiger partial charge is 0.431 e. The molecule has 1 atom stereocenters. The molecule has 7 nitrogen and oxygen atoms in total. The highest BCUT2D eigenvalue weighted by atomic mass is 19.4. The number of ether oxygens (including phenoxy) is 1.